The van der Waals surface area contributed by atoms with Crippen LogP contribution < -0.4 is 10.3 Å². The van der Waals surface area contributed by atoms with Crippen LogP contribution >= 0.6 is 0 Å². The molecule has 2 heterocycles. The summed E-state index contributed by atoms with van der Waals surface area (Å²) in [6.07, 6.45) is 1.13. The molecule has 36 heavy (non-hydrogen) atoms. The lowest BCUT2D eigenvalue weighted by atomic mass is 10.0. The average molecular weight is 492 g/mol. The fourth-order valence-electron chi connectivity index (χ4n) is 5.25. The second kappa shape index (κ2) is 9.35. The molecule has 5 rings (SSSR count). The van der Waals surface area contributed by atoms with Gasteiger partial charge < -0.3 is 14.6 Å². The first kappa shape index (κ1) is 23.9. The van der Waals surface area contributed by atoms with Crippen LogP contribution in [0.25, 0.3) is 21.7 Å². The molecule has 0 radical (unpaired) electrons. The molecule has 0 aliphatic carbocycles. The van der Waals surface area contributed by atoms with E-state index in [0.717, 1.165) is 18.8 Å². The zero-order chi connectivity index (χ0) is 25.6. The van der Waals surface area contributed by atoms with Crippen LogP contribution in [0.3, 0.4) is 0 Å². The Balaban J connectivity index is 1.47. The number of aromatic nitrogens is 1. The van der Waals surface area contributed by atoms with Crippen LogP contribution in [0.2, 0.25) is 0 Å². The average Bonchev–Trinajstić information content (AvgIpc) is 2.86. The molecule has 1 aliphatic heterocycles. The van der Waals surface area contributed by atoms with Crippen LogP contribution in [0.5, 0.6) is 0 Å². The summed E-state index contributed by atoms with van der Waals surface area (Å²) in [5, 5.41) is 11.5. The summed E-state index contributed by atoms with van der Waals surface area (Å²) in [5.74, 6) is -3.13. The molecule has 3 aromatic carbocycles. The van der Waals surface area contributed by atoms with Crippen molar-refractivity contribution in [3.05, 3.63) is 87.7 Å². The van der Waals surface area contributed by atoms with Crippen molar-refractivity contribution in [1.82, 2.24) is 9.47 Å². The summed E-state index contributed by atoms with van der Waals surface area (Å²) < 4.78 is 32.4. The molecule has 0 spiro atoms. The number of carboxylic acid groups (broad SMARTS) is 1. The number of fused-ring (bicyclic) bond motifs is 2. The Labute approximate surface area is 207 Å². The van der Waals surface area contributed by atoms with Gasteiger partial charge in [-0.2, -0.15) is 0 Å². The fourth-order valence-corrected chi connectivity index (χ4v) is 5.25. The van der Waals surface area contributed by atoms with Gasteiger partial charge >= 0.3 is 5.97 Å². The van der Waals surface area contributed by atoms with Gasteiger partial charge in [-0.3, -0.25) is 9.69 Å². The first-order chi connectivity index (χ1) is 17.3. The molecule has 1 aliphatic rings. The van der Waals surface area contributed by atoms with Crippen molar-refractivity contribution in [2.45, 2.75) is 33.0 Å². The number of aromatic carboxylic acids is 1. The maximum absolute atomic E-state index is 15.8. The van der Waals surface area contributed by atoms with Gasteiger partial charge in [-0.1, -0.05) is 42.5 Å². The fraction of sp³-hybridized carbons (Fsp3) is 0.286. The number of benzene rings is 3. The summed E-state index contributed by atoms with van der Waals surface area (Å²) in [6, 6.07) is 15.5. The topological polar surface area (TPSA) is 65.8 Å². The standard InChI is InChI=1S/C28H27F2N3O3/c1-3-31-16-22(28(35)36)27(34)21-13-23(29)26(24(30)25(21)31)33-12-11-32(17(2)14-33)15-19-9-6-8-18-7-4-5-10-20(18)19/h4-10,13,16-17H,3,11-12,14-15H2,1-2H3,(H,35,36). The molecule has 1 N–H and O–H groups in total. The number of pyridine rings is 1. The monoisotopic (exact) mass is 491 g/mol. The number of nitrogens with zero attached hydrogens (tertiary/aromatic N) is 3. The molecule has 186 valence electrons. The Morgan fingerprint density at radius 3 is 2.56 bits per heavy atom. The van der Waals surface area contributed by atoms with Crippen molar-refractivity contribution in [1.29, 1.82) is 0 Å². The first-order valence-corrected chi connectivity index (χ1v) is 12.0. The van der Waals surface area contributed by atoms with Gasteiger partial charge in [0.25, 0.3) is 0 Å². The highest BCUT2D eigenvalue weighted by atomic mass is 19.1. The molecule has 1 fully saturated rings. The minimum atomic E-state index is -1.43. The largest absolute Gasteiger partial charge is 0.477 e. The summed E-state index contributed by atoms with van der Waals surface area (Å²) in [4.78, 5) is 28.1. The quantitative estimate of drug-likeness (QED) is 0.432. The highest BCUT2D eigenvalue weighted by Gasteiger charge is 2.30. The van der Waals surface area contributed by atoms with Gasteiger partial charge in [0.05, 0.1) is 10.9 Å². The van der Waals surface area contributed by atoms with Gasteiger partial charge in [0.1, 0.15) is 17.1 Å². The van der Waals surface area contributed by atoms with Gasteiger partial charge in [0.2, 0.25) is 5.43 Å². The minimum absolute atomic E-state index is 0.0231. The number of hydrogen-bond acceptors (Lipinski definition) is 4. The maximum atomic E-state index is 15.8. The molecule has 4 aromatic rings. The number of aryl methyl sites for hydroxylation is 1. The molecule has 0 saturated carbocycles. The molecule has 1 aromatic heterocycles. The second-order valence-electron chi connectivity index (χ2n) is 9.28. The van der Waals surface area contributed by atoms with Gasteiger partial charge in [0, 0.05) is 45.0 Å². The van der Waals surface area contributed by atoms with E-state index in [1.165, 1.54) is 20.9 Å². The lowest BCUT2D eigenvalue weighted by Crippen LogP contribution is -2.52. The van der Waals surface area contributed by atoms with Crippen molar-refractivity contribution in [2.24, 2.45) is 0 Å². The highest BCUT2D eigenvalue weighted by molar-refractivity contribution is 5.94. The zero-order valence-electron chi connectivity index (χ0n) is 20.2. The highest BCUT2D eigenvalue weighted by Crippen LogP contribution is 2.32. The zero-order valence-corrected chi connectivity index (χ0v) is 20.2. The van der Waals surface area contributed by atoms with E-state index in [1.54, 1.807) is 11.8 Å². The number of rotatable bonds is 5. The Morgan fingerprint density at radius 1 is 1.08 bits per heavy atom. The number of carboxylic acids is 1. The van der Waals surface area contributed by atoms with E-state index in [1.807, 2.05) is 25.1 Å². The normalized spacial score (nSPS) is 16.7. The van der Waals surface area contributed by atoms with Crippen molar-refractivity contribution in [3.63, 3.8) is 0 Å². The maximum Gasteiger partial charge on any atom is 0.341 e. The summed E-state index contributed by atoms with van der Waals surface area (Å²) >= 11 is 0. The minimum Gasteiger partial charge on any atom is -0.477 e. The van der Waals surface area contributed by atoms with E-state index in [9.17, 15) is 14.7 Å². The van der Waals surface area contributed by atoms with Crippen LogP contribution in [-0.4, -0.2) is 46.2 Å². The first-order valence-electron chi connectivity index (χ1n) is 12.0. The van der Waals surface area contributed by atoms with Crippen LogP contribution in [0.1, 0.15) is 29.8 Å². The Hall–Kier alpha value is -3.78. The van der Waals surface area contributed by atoms with Gasteiger partial charge in [-0.25, -0.2) is 13.6 Å². The number of halogens is 2. The van der Waals surface area contributed by atoms with Crippen LogP contribution in [-0.2, 0) is 13.1 Å². The van der Waals surface area contributed by atoms with E-state index in [2.05, 4.69) is 29.2 Å². The van der Waals surface area contributed by atoms with E-state index >= 15 is 8.78 Å². The number of piperazine rings is 1. The number of carbonyl (C=O) groups is 1. The molecular formula is C28H27F2N3O3. The number of hydrogen-bond donors (Lipinski definition) is 1. The van der Waals surface area contributed by atoms with Crippen molar-refractivity contribution in [3.8, 4) is 0 Å². The predicted octanol–water partition coefficient (Wildman–Crippen LogP) is 4.86. The lowest BCUT2D eigenvalue weighted by Gasteiger charge is -2.41. The third kappa shape index (κ3) is 4.01. The van der Waals surface area contributed by atoms with E-state index < -0.39 is 28.6 Å². The van der Waals surface area contributed by atoms with Crippen LogP contribution in [0, 0.1) is 11.6 Å². The summed E-state index contributed by atoms with van der Waals surface area (Å²) in [6.45, 7) is 6.15. The van der Waals surface area contributed by atoms with Gasteiger partial charge in [0.15, 0.2) is 5.82 Å². The smallest absolute Gasteiger partial charge is 0.341 e. The molecule has 1 unspecified atom stereocenters. The predicted molar refractivity (Wildman–Crippen MR) is 137 cm³/mol. The van der Waals surface area contributed by atoms with Crippen molar-refractivity contribution < 1.29 is 18.7 Å². The number of anilines is 1. The van der Waals surface area contributed by atoms with Gasteiger partial charge in [-0.15, -0.1) is 0 Å². The SMILES string of the molecule is CCn1cc(C(=O)O)c(=O)c2cc(F)c(N3CCN(Cc4cccc5ccccc45)C(C)C3)c(F)c21. The van der Waals surface area contributed by atoms with E-state index in [-0.39, 0.29) is 29.2 Å². The van der Waals surface area contributed by atoms with E-state index in [0.29, 0.717) is 19.6 Å². The molecule has 1 saturated heterocycles. The Kier molecular flexibility index (Phi) is 6.22. The molecule has 1 atom stereocenters. The molecule has 0 amide bonds. The summed E-state index contributed by atoms with van der Waals surface area (Å²) in [7, 11) is 0. The summed E-state index contributed by atoms with van der Waals surface area (Å²) in [5.41, 5.74) is -0.442. The molecule has 0 bridgehead atoms. The van der Waals surface area contributed by atoms with Crippen LogP contribution in [0.15, 0.2) is 59.5 Å². The second-order valence-corrected chi connectivity index (χ2v) is 9.28. The van der Waals surface area contributed by atoms with Crippen molar-refractivity contribution in [2.75, 3.05) is 24.5 Å². The Morgan fingerprint density at radius 2 is 1.83 bits per heavy atom. The Bertz CT molecular complexity index is 1540. The molecular weight excluding hydrogens is 464 g/mol. The van der Waals surface area contributed by atoms with E-state index in [4.69, 9.17) is 0 Å². The molecule has 6 nitrogen and oxygen atoms in total. The van der Waals surface area contributed by atoms with Crippen molar-refractivity contribution >= 4 is 33.3 Å². The third-order valence-electron chi connectivity index (χ3n) is 7.14. The van der Waals surface area contributed by atoms with Gasteiger partial charge in [-0.05, 0) is 36.2 Å². The third-order valence-corrected chi connectivity index (χ3v) is 7.14. The lowest BCUT2D eigenvalue weighted by molar-refractivity contribution is 0.0694. The van der Waals surface area contributed by atoms with Crippen LogP contribution in [0.4, 0.5) is 14.5 Å². The molecule has 8 heteroatoms.